The van der Waals surface area contributed by atoms with Crippen LogP contribution in [-0.2, 0) is 13.0 Å². The molecule has 0 saturated heterocycles. The second kappa shape index (κ2) is 5.73. The standard InChI is InChI=1S/C16H22N4S/c1-10(2)16-18-9-14(13(8-17)19-16)20-6-4-15-12(11(20)3)5-7-21-15/h5,7,9-11H,4,6,8,17H2,1-3H3. The van der Waals surface area contributed by atoms with Gasteiger partial charge in [0.05, 0.1) is 23.6 Å². The lowest BCUT2D eigenvalue weighted by Crippen LogP contribution is -2.34. The molecule has 1 atom stereocenters. The number of thiophene rings is 1. The van der Waals surface area contributed by atoms with E-state index in [0.717, 1.165) is 30.2 Å². The van der Waals surface area contributed by atoms with Crippen LogP contribution in [0.25, 0.3) is 0 Å². The van der Waals surface area contributed by atoms with Gasteiger partial charge in [-0.1, -0.05) is 13.8 Å². The van der Waals surface area contributed by atoms with E-state index in [0.29, 0.717) is 18.5 Å². The molecule has 1 unspecified atom stereocenters. The van der Waals surface area contributed by atoms with Crippen molar-refractivity contribution in [3.05, 3.63) is 39.6 Å². The Hall–Kier alpha value is -1.46. The van der Waals surface area contributed by atoms with Gasteiger partial charge < -0.3 is 10.6 Å². The van der Waals surface area contributed by atoms with Crippen LogP contribution in [0, 0.1) is 0 Å². The van der Waals surface area contributed by atoms with E-state index in [1.165, 1.54) is 10.4 Å². The highest BCUT2D eigenvalue weighted by Gasteiger charge is 2.27. The molecule has 4 nitrogen and oxygen atoms in total. The normalized spacial score (nSPS) is 18.1. The van der Waals surface area contributed by atoms with Crippen molar-refractivity contribution in [3.8, 4) is 0 Å². The Morgan fingerprint density at radius 2 is 2.29 bits per heavy atom. The molecule has 0 aromatic carbocycles. The first-order valence-electron chi connectivity index (χ1n) is 7.50. The first-order valence-corrected chi connectivity index (χ1v) is 8.38. The summed E-state index contributed by atoms with van der Waals surface area (Å²) in [5.74, 6) is 1.20. The van der Waals surface area contributed by atoms with Gasteiger partial charge in [-0.2, -0.15) is 0 Å². The average molecular weight is 302 g/mol. The second-order valence-electron chi connectivity index (χ2n) is 5.84. The number of nitrogens with zero attached hydrogens (tertiary/aromatic N) is 3. The van der Waals surface area contributed by atoms with Crippen molar-refractivity contribution in [2.75, 3.05) is 11.4 Å². The van der Waals surface area contributed by atoms with Crippen molar-refractivity contribution in [2.24, 2.45) is 5.73 Å². The van der Waals surface area contributed by atoms with Crippen molar-refractivity contribution in [2.45, 2.75) is 45.7 Å². The van der Waals surface area contributed by atoms with Gasteiger partial charge in [-0.15, -0.1) is 11.3 Å². The van der Waals surface area contributed by atoms with Crippen molar-refractivity contribution < 1.29 is 0 Å². The minimum atomic E-state index is 0.326. The fourth-order valence-corrected chi connectivity index (χ4v) is 3.90. The van der Waals surface area contributed by atoms with Crippen LogP contribution < -0.4 is 10.6 Å². The fourth-order valence-electron chi connectivity index (χ4n) is 2.93. The molecule has 3 heterocycles. The molecule has 2 N–H and O–H groups in total. The van der Waals surface area contributed by atoms with Gasteiger partial charge in [0.25, 0.3) is 0 Å². The lowest BCUT2D eigenvalue weighted by molar-refractivity contribution is 0.622. The molecule has 1 aliphatic rings. The summed E-state index contributed by atoms with van der Waals surface area (Å²) in [6, 6.07) is 2.60. The predicted molar refractivity (Wildman–Crippen MR) is 87.8 cm³/mol. The third-order valence-corrected chi connectivity index (χ3v) is 5.16. The van der Waals surface area contributed by atoms with Crippen LogP contribution in [0.15, 0.2) is 17.6 Å². The third kappa shape index (κ3) is 2.56. The minimum Gasteiger partial charge on any atom is -0.362 e. The summed E-state index contributed by atoms with van der Waals surface area (Å²) < 4.78 is 0. The first kappa shape index (κ1) is 14.5. The Kier molecular flexibility index (Phi) is 3.95. The lowest BCUT2D eigenvalue weighted by atomic mass is 10.0. The third-order valence-electron chi connectivity index (χ3n) is 4.16. The van der Waals surface area contributed by atoms with E-state index in [-0.39, 0.29) is 0 Å². The fraction of sp³-hybridized carbons (Fsp3) is 0.500. The molecule has 0 saturated carbocycles. The van der Waals surface area contributed by atoms with Gasteiger partial charge in [-0.3, -0.25) is 0 Å². The van der Waals surface area contributed by atoms with Gasteiger partial charge in [0.15, 0.2) is 0 Å². The molecule has 1 aliphatic heterocycles. The first-order chi connectivity index (χ1) is 10.1. The average Bonchev–Trinajstić information content (AvgIpc) is 2.96. The summed E-state index contributed by atoms with van der Waals surface area (Å²) in [6.07, 6.45) is 3.05. The van der Waals surface area contributed by atoms with E-state index in [2.05, 4.69) is 47.1 Å². The summed E-state index contributed by atoms with van der Waals surface area (Å²) in [4.78, 5) is 13.1. The predicted octanol–water partition coefficient (Wildman–Crippen LogP) is 3.24. The van der Waals surface area contributed by atoms with Crippen LogP contribution >= 0.6 is 11.3 Å². The highest BCUT2D eigenvalue weighted by atomic mass is 32.1. The summed E-state index contributed by atoms with van der Waals surface area (Å²) in [5, 5.41) is 2.19. The van der Waals surface area contributed by atoms with Crippen molar-refractivity contribution in [1.29, 1.82) is 0 Å². The molecular formula is C16H22N4S. The van der Waals surface area contributed by atoms with E-state index in [9.17, 15) is 0 Å². The van der Waals surface area contributed by atoms with Gasteiger partial charge in [0.2, 0.25) is 0 Å². The molecule has 21 heavy (non-hydrogen) atoms. The summed E-state index contributed by atoms with van der Waals surface area (Å²) >= 11 is 1.86. The van der Waals surface area contributed by atoms with Crippen molar-refractivity contribution in [1.82, 2.24) is 9.97 Å². The van der Waals surface area contributed by atoms with Crippen molar-refractivity contribution >= 4 is 17.0 Å². The van der Waals surface area contributed by atoms with Gasteiger partial charge in [-0.25, -0.2) is 9.97 Å². The summed E-state index contributed by atoms with van der Waals surface area (Å²) in [7, 11) is 0. The zero-order valence-corrected chi connectivity index (χ0v) is 13.7. The SMILES string of the molecule is CC(C)c1ncc(N2CCc3sccc3C2C)c(CN)n1. The second-order valence-corrected chi connectivity index (χ2v) is 6.84. The van der Waals surface area contributed by atoms with Crippen molar-refractivity contribution in [3.63, 3.8) is 0 Å². The zero-order chi connectivity index (χ0) is 15.0. The number of aromatic nitrogens is 2. The molecule has 0 bridgehead atoms. The molecular weight excluding hydrogens is 280 g/mol. The molecule has 0 spiro atoms. The Morgan fingerprint density at radius 1 is 1.48 bits per heavy atom. The van der Waals surface area contributed by atoms with Crippen LogP contribution in [0.4, 0.5) is 5.69 Å². The van der Waals surface area contributed by atoms with Crippen LogP contribution in [0.1, 0.15) is 54.7 Å². The molecule has 2 aromatic rings. The molecule has 112 valence electrons. The highest BCUT2D eigenvalue weighted by molar-refractivity contribution is 7.10. The molecule has 0 aliphatic carbocycles. The molecule has 0 radical (unpaired) electrons. The largest absolute Gasteiger partial charge is 0.362 e. The van der Waals surface area contributed by atoms with Gasteiger partial charge in [0.1, 0.15) is 5.82 Å². The van der Waals surface area contributed by atoms with Gasteiger partial charge in [0, 0.05) is 23.9 Å². The minimum absolute atomic E-state index is 0.326. The maximum absolute atomic E-state index is 5.93. The molecule has 3 rings (SSSR count). The number of rotatable bonds is 3. The smallest absolute Gasteiger partial charge is 0.131 e. The maximum atomic E-state index is 5.93. The van der Waals surface area contributed by atoms with E-state index in [1.807, 2.05) is 17.5 Å². The topological polar surface area (TPSA) is 55.0 Å². The van der Waals surface area contributed by atoms with Crippen LogP contribution in [0.2, 0.25) is 0 Å². The lowest BCUT2D eigenvalue weighted by Gasteiger charge is -2.36. The quantitative estimate of drug-likeness (QED) is 0.945. The number of hydrogen-bond donors (Lipinski definition) is 1. The Morgan fingerprint density at radius 3 is 3.00 bits per heavy atom. The number of fused-ring (bicyclic) bond motifs is 1. The molecule has 0 amide bonds. The van der Waals surface area contributed by atoms with Gasteiger partial charge in [-0.05, 0) is 30.4 Å². The van der Waals surface area contributed by atoms with Crippen LogP contribution in [-0.4, -0.2) is 16.5 Å². The monoisotopic (exact) mass is 302 g/mol. The maximum Gasteiger partial charge on any atom is 0.131 e. The highest BCUT2D eigenvalue weighted by Crippen LogP contribution is 2.36. The summed E-state index contributed by atoms with van der Waals surface area (Å²) in [6.45, 7) is 7.93. The zero-order valence-electron chi connectivity index (χ0n) is 12.8. The van der Waals surface area contributed by atoms with Crippen LogP contribution in [0.3, 0.4) is 0 Å². The number of hydrogen-bond acceptors (Lipinski definition) is 5. The summed E-state index contributed by atoms with van der Waals surface area (Å²) in [5.41, 5.74) is 9.41. The van der Waals surface area contributed by atoms with E-state index in [4.69, 9.17) is 5.73 Å². The number of anilines is 1. The molecule has 2 aromatic heterocycles. The Bertz CT molecular complexity index is 635. The molecule has 5 heteroatoms. The van der Waals surface area contributed by atoms with E-state index < -0.39 is 0 Å². The van der Waals surface area contributed by atoms with Gasteiger partial charge >= 0.3 is 0 Å². The Labute approximate surface area is 130 Å². The van der Waals surface area contributed by atoms with Crippen LogP contribution in [0.5, 0.6) is 0 Å². The van der Waals surface area contributed by atoms with E-state index in [1.54, 1.807) is 0 Å². The number of nitrogens with two attached hydrogens (primary N) is 1. The molecule has 0 fully saturated rings. The Balaban J connectivity index is 1.97. The van der Waals surface area contributed by atoms with E-state index >= 15 is 0 Å².